The molecule has 0 radical (unpaired) electrons. The molecule has 0 aliphatic heterocycles. The molecule has 2 aliphatic rings. The van der Waals surface area contributed by atoms with Crippen LogP contribution < -0.4 is 0 Å². The molecule has 2 aliphatic carbocycles. The summed E-state index contributed by atoms with van der Waals surface area (Å²) in [5.41, 5.74) is 0. The third kappa shape index (κ3) is 2.55. The van der Waals surface area contributed by atoms with Crippen molar-refractivity contribution in [1.29, 1.82) is 5.26 Å². The molecule has 88 valence electrons. The van der Waals surface area contributed by atoms with Gasteiger partial charge in [-0.3, -0.25) is 4.79 Å². The lowest BCUT2D eigenvalue weighted by Gasteiger charge is -2.27. The molecule has 0 N–H and O–H groups in total. The second-order valence-electron chi connectivity index (χ2n) is 4.98. The van der Waals surface area contributed by atoms with E-state index >= 15 is 0 Å². The molecule has 0 aromatic carbocycles. The number of hydrogen-bond donors (Lipinski definition) is 0. The molecule has 0 aromatic heterocycles. The maximum absolute atomic E-state index is 11.8. The molecule has 2 rings (SSSR count). The van der Waals surface area contributed by atoms with Gasteiger partial charge in [-0.25, -0.2) is 0 Å². The molecule has 0 amide bonds. The molecule has 3 heteroatoms. The van der Waals surface area contributed by atoms with Crippen molar-refractivity contribution in [2.45, 2.75) is 57.5 Å². The molecule has 0 unspecified atom stereocenters. The van der Waals surface area contributed by atoms with E-state index in [1.54, 1.807) is 0 Å². The Balaban J connectivity index is 1.87. The first-order chi connectivity index (χ1) is 7.81. The molecular formula is C13H19NO2. The van der Waals surface area contributed by atoms with Crippen molar-refractivity contribution in [2.75, 3.05) is 0 Å². The molecular weight excluding hydrogens is 202 g/mol. The summed E-state index contributed by atoms with van der Waals surface area (Å²) >= 11 is 0. The number of carbonyl (C=O) groups is 1. The van der Waals surface area contributed by atoms with Crippen LogP contribution in [0.5, 0.6) is 0 Å². The van der Waals surface area contributed by atoms with Gasteiger partial charge >= 0.3 is 5.97 Å². The average molecular weight is 221 g/mol. The van der Waals surface area contributed by atoms with E-state index in [0.717, 1.165) is 51.4 Å². The minimum atomic E-state index is -0.133. The molecule has 0 aromatic rings. The highest BCUT2D eigenvalue weighted by molar-refractivity contribution is 5.72. The van der Waals surface area contributed by atoms with Crippen molar-refractivity contribution >= 4 is 5.97 Å². The Labute approximate surface area is 96.8 Å². The molecule has 2 fully saturated rings. The quantitative estimate of drug-likeness (QED) is 0.674. The fraction of sp³-hybridized carbons (Fsp3) is 0.846. The Morgan fingerprint density at radius 3 is 2.38 bits per heavy atom. The zero-order chi connectivity index (χ0) is 11.4. The summed E-state index contributed by atoms with van der Waals surface area (Å²) in [4.78, 5) is 11.8. The Bertz CT molecular complexity index is 289. The SMILES string of the molecule is N#C[C@@H]1CCCC[C@H]1OC(=O)C1CCCC1. The Kier molecular flexibility index (Phi) is 3.82. The maximum atomic E-state index is 11.8. The third-order valence-corrected chi connectivity index (χ3v) is 3.82. The number of carbonyl (C=O) groups excluding carboxylic acids is 1. The van der Waals surface area contributed by atoms with Gasteiger partial charge in [0, 0.05) is 0 Å². The van der Waals surface area contributed by atoms with Crippen LogP contribution in [0, 0.1) is 23.2 Å². The summed E-state index contributed by atoms with van der Waals surface area (Å²) in [5, 5.41) is 9.00. The van der Waals surface area contributed by atoms with Gasteiger partial charge in [-0.1, -0.05) is 19.3 Å². The van der Waals surface area contributed by atoms with Gasteiger partial charge in [0.2, 0.25) is 0 Å². The summed E-state index contributed by atoms with van der Waals surface area (Å²) in [7, 11) is 0. The molecule has 0 bridgehead atoms. The van der Waals surface area contributed by atoms with Crippen molar-refractivity contribution in [2.24, 2.45) is 11.8 Å². The van der Waals surface area contributed by atoms with Gasteiger partial charge in [-0.2, -0.15) is 5.26 Å². The normalized spacial score (nSPS) is 30.9. The van der Waals surface area contributed by atoms with Crippen LogP contribution in [-0.2, 0) is 9.53 Å². The smallest absolute Gasteiger partial charge is 0.309 e. The van der Waals surface area contributed by atoms with Crippen LogP contribution in [0.3, 0.4) is 0 Å². The summed E-state index contributed by atoms with van der Waals surface area (Å²) in [6, 6.07) is 2.27. The van der Waals surface area contributed by atoms with Gasteiger partial charge in [-0.15, -0.1) is 0 Å². The predicted molar refractivity (Wildman–Crippen MR) is 59.4 cm³/mol. The van der Waals surface area contributed by atoms with Crippen molar-refractivity contribution < 1.29 is 9.53 Å². The first kappa shape index (κ1) is 11.4. The molecule has 2 atom stereocenters. The highest BCUT2D eigenvalue weighted by Crippen LogP contribution is 2.30. The molecule has 0 heterocycles. The number of esters is 1. The summed E-state index contributed by atoms with van der Waals surface area (Å²) < 4.78 is 5.52. The first-order valence-corrected chi connectivity index (χ1v) is 6.41. The van der Waals surface area contributed by atoms with Crippen LogP contribution in [0.4, 0.5) is 0 Å². The number of hydrogen-bond acceptors (Lipinski definition) is 3. The maximum Gasteiger partial charge on any atom is 0.309 e. The van der Waals surface area contributed by atoms with E-state index in [1.807, 2.05) is 0 Å². The molecule has 2 saturated carbocycles. The number of rotatable bonds is 2. The predicted octanol–water partition coefficient (Wildman–Crippen LogP) is 2.80. The van der Waals surface area contributed by atoms with Crippen molar-refractivity contribution in [1.82, 2.24) is 0 Å². The van der Waals surface area contributed by atoms with Gasteiger partial charge < -0.3 is 4.74 Å². The lowest BCUT2D eigenvalue weighted by atomic mass is 9.87. The zero-order valence-electron chi connectivity index (χ0n) is 9.65. The zero-order valence-corrected chi connectivity index (χ0v) is 9.65. The van der Waals surface area contributed by atoms with Crippen LogP contribution in [0.1, 0.15) is 51.4 Å². The van der Waals surface area contributed by atoms with Crippen LogP contribution in [0.15, 0.2) is 0 Å². The van der Waals surface area contributed by atoms with E-state index in [4.69, 9.17) is 10.00 Å². The van der Waals surface area contributed by atoms with Crippen molar-refractivity contribution in [3.05, 3.63) is 0 Å². The molecule has 3 nitrogen and oxygen atoms in total. The number of nitrogens with zero attached hydrogens (tertiary/aromatic N) is 1. The van der Waals surface area contributed by atoms with Crippen LogP contribution >= 0.6 is 0 Å². The summed E-state index contributed by atoms with van der Waals surface area (Å²) in [6.45, 7) is 0. The topological polar surface area (TPSA) is 50.1 Å². The van der Waals surface area contributed by atoms with E-state index < -0.39 is 0 Å². The third-order valence-electron chi connectivity index (χ3n) is 3.82. The van der Waals surface area contributed by atoms with E-state index in [2.05, 4.69) is 6.07 Å². The van der Waals surface area contributed by atoms with E-state index in [1.165, 1.54) is 0 Å². The van der Waals surface area contributed by atoms with Gasteiger partial charge in [0.25, 0.3) is 0 Å². The minimum absolute atomic E-state index is 0.0512. The molecule has 0 spiro atoms. The largest absolute Gasteiger partial charge is 0.461 e. The lowest BCUT2D eigenvalue weighted by Crippen LogP contribution is -2.31. The molecule has 16 heavy (non-hydrogen) atoms. The Hall–Kier alpha value is -1.04. The summed E-state index contributed by atoms with van der Waals surface area (Å²) in [6.07, 6.45) is 8.04. The highest BCUT2D eigenvalue weighted by atomic mass is 16.5. The van der Waals surface area contributed by atoms with Gasteiger partial charge in [0.1, 0.15) is 6.10 Å². The fourth-order valence-corrected chi connectivity index (χ4v) is 2.79. The fourth-order valence-electron chi connectivity index (χ4n) is 2.79. The van der Waals surface area contributed by atoms with Crippen molar-refractivity contribution in [3.8, 4) is 6.07 Å². The van der Waals surface area contributed by atoms with Crippen LogP contribution in [0.2, 0.25) is 0 Å². The highest BCUT2D eigenvalue weighted by Gasteiger charge is 2.31. The summed E-state index contributed by atoms with van der Waals surface area (Å²) in [5.74, 6) is -0.00924. The Morgan fingerprint density at radius 2 is 1.69 bits per heavy atom. The van der Waals surface area contributed by atoms with Crippen LogP contribution in [0.25, 0.3) is 0 Å². The average Bonchev–Trinajstić information content (AvgIpc) is 2.83. The van der Waals surface area contributed by atoms with Gasteiger partial charge in [0.05, 0.1) is 17.9 Å². The Morgan fingerprint density at radius 1 is 1.06 bits per heavy atom. The standard InChI is InChI=1S/C13H19NO2/c14-9-11-7-3-4-8-12(11)16-13(15)10-5-1-2-6-10/h10-12H,1-8H2/t11-,12+/m0/s1. The second kappa shape index (κ2) is 5.34. The van der Waals surface area contributed by atoms with E-state index in [-0.39, 0.29) is 23.9 Å². The first-order valence-electron chi connectivity index (χ1n) is 6.41. The number of nitriles is 1. The molecule has 0 saturated heterocycles. The van der Waals surface area contributed by atoms with E-state index in [9.17, 15) is 4.79 Å². The minimum Gasteiger partial charge on any atom is -0.461 e. The monoisotopic (exact) mass is 221 g/mol. The van der Waals surface area contributed by atoms with E-state index in [0.29, 0.717) is 0 Å². The number of ether oxygens (including phenoxy) is 1. The van der Waals surface area contributed by atoms with Crippen molar-refractivity contribution in [3.63, 3.8) is 0 Å². The lowest BCUT2D eigenvalue weighted by molar-refractivity contribution is -0.157. The van der Waals surface area contributed by atoms with Crippen LogP contribution in [-0.4, -0.2) is 12.1 Å². The van der Waals surface area contributed by atoms with Gasteiger partial charge in [0.15, 0.2) is 0 Å². The van der Waals surface area contributed by atoms with Gasteiger partial charge in [-0.05, 0) is 32.1 Å². The second-order valence-corrected chi connectivity index (χ2v) is 4.98.